The number of aromatic nitrogens is 2. The van der Waals surface area contributed by atoms with E-state index in [1.165, 1.54) is 35.8 Å². The molecule has 0 spiro atoms. The second-order valence-corrected chi connectivity index (χ2v) is 7.05. The number of halogens is 2. The van der Waals surface area contributed by atoms with E-state index in [1.807, 2.05) is 0 Å². The normalized spacial score (nSPS) is 11.1. The second kappa shape index (κ2) is 9.63. The molecule has 32 heavy (non-hydrogen) atoms. The highest BCUT2D eigenvalue weighted by atomic mass is 19.3. The van der Waals surface area contributed by atoms with E-state index in [2.05, 4.69) is 4.74 Å². The lowest BCUT2D eigenvalue weighted by Gasteiger charge is -2.20. The van der Waals surface area contributed by atoms with Crippen LogP contribution in [0.1, 0.15) is 12.5 Å². The van der Waals surface area contributed by atoms with Crippen LogP contribution in [0, 0.1) is 0 Å². The number of hydrogen-bond donors (Lipinski definition) is 0. The van der Waals surface area contributed by atoms with Gasteiger partial charge in [0, 0.05) is 20.1 Å². The summed E-state index contributed by atoms with van der Waals surface area (Å²) in [5.41, 5.74) is -0.0796. The number of fused-ring (bicyclic) bond motifs is 1. The average molecular weight is 447 g/mol. The third-order valence-corrected chi connectivity index (χ3v) is 5.03. The van der Waals surface area contributed by atoms with Crippen molar-refractivity contribution < 1.29 is 23.0 Å². The maximum Gasteiger partial charge on any atom is 0.387 e. The number of alkyl halides is 2. The molecule has 0 saturated heterocycles. The Morgan fingerprint density at radius 3 is 2.47 bits per heavy atom. The fraction of sp³-hybridized carbons (Fsp3) is 0.318. The third kappa shape index (κ3) is 4.63. The van der Waals surface area contributed by atoms with Crippen LogP contribution in [0.3, 0.4) is 0 Å². The van der Waals surface area contributed by atoms with Gasteiger partial charge in [-0.3, -0.25) is 18.7 Å². The maximum atomic E-state index is 12.9. The molecule has 8 nitrogen and oxygen atoms in total. The molecule has 1 aromatic heterocycles. The molecule has 0 aliphatic heterocycles. The van der Waals surface area contributed by atoms with Crippen molar-refractivity contribution in [2.75, 3.05) is 14.2 Å². The van der Waals surface area contributed by atoms with Gasteiger partial charge in [-0.1, -0.05) is 18.2 Å². The molecule has 0 N–H and O–H groups in total. The number of rotatable bonds is 8. The van der Waals surface area contributed by atoms with Gasteiger partial charge in [-0.25, -0.2) is 4.79 Å². The molecule has 1 amide bonds. The van der Waals surface area contributed by atoms with Gasteiger partial charge in [0.1, 0.15) is 6.54 Å². The summed E-state index contributed by atoms with van der Waals surface area (Å²) < 4.78 is 37.1. The zero-order valence-corrected chi connectivity index (χ0v) is 17.9. The molecular weight excluding hydrogens is 424 g/mol. The highest BCUT2D eigenvalue weighted by molar-refractivity contribution is 5.81. The molecule has 0 unspecified atom stereocenters. The Hall–Kier alpha value is -3.69. The predicted molar refractivity (Wildman–Crippen MR) is 114 cm³/mol. The number of carbonyl (C=O) groups excluding carboxylic acids is 1. The first-order chi connectivity index (χ1) is 15.3. The lowest BCUT2D eigenvalue weighted by atomic mass is 10.2. The van der Waals surface area contributed by atoms with Crippen LogP contribution >= 0.6 is 0 Å². The number of hydrogen-bond acceptors (Lipinski definition) is 5. The molecule has 0 saturated carbocycles. The van der Waals surface area contributed by atoms with Crippen LogP contribution in [0.15, 0.2) is 52.1 Å². The standard InChI is InChI=1S/C22H23F2N3O5/c1-4-26-20(29)15-7-5-6-8-16(15)27(22(26)30)13-19(28)25(2)12-14-9-10-17(31-3)18(11-14)32-21(23)24/h5-11,21H,4,12-13H2,1-3H3. The van der Waals surface area contributed by atoms with Crippen molar-refractivity contribution in [2.24, 2.45) is 0 Å². The molecule has 10 heteroatoms. The SMILES string of the molecule is CCn1c(=O)c2ccccc2n(CC(=O)N(C)Cc2ccc(OC)c(OC(F)F)c2)c1=O. The van der Waals surface area contributed by atoms with Crippen LogP contribution in [0.25, 0.3) is 10.9 Å². The number of carbonyl (C=O) groups is 1. The van der Waals surface area contributed by atoms with Crippen LogP contribution < -0.4 is 20.7 Å². The predicted octanol–water partition coefficient (Wildman–Crippen LogP) is 2.45. The van der Waals surface area contributed by atoms with Crippen LogP contribution in [0.5, 0.6) is 11.5 Å². The number of likely N-dealkylation sites (N-methyl/N-ethyl adjacent to an activating group) is 1. The summed E-state index contributed by atoms with van der Waals surface area (Å²) in [7, 11) is 2.87. The minimum Gasteiger partial charge on any atom is -0.493 e. The molecule has 0 fully saturated rings. The minimum atomic E-state index is -3.02. The van der Waals surface area contributed by atoms with Gasteiger partial charge in [0.25, 0.3) is 5.56 Å². The fourth-order valence-corrected chi connectivity index (χ4v) is 3.43. The number of benzene rings is 2. The van der Waals surface area contributed by atoms with Crippen LogP contribution in [0.4, 0.5) is 8.78 Å². The molecule has 0 atom stereocenters. The van der Waals surface area contributed by atoms with E-state index in [0.717, 1.165) is 4.57 Å². The van der Waals surface area contributed by atoms with Crippen molar-refractivity contribution in [1.82, 2.24) is 14.0 Å². The van der Waals surface area contributed by atoms with E-state index < -0.39 is 23.8 Å². The molecule has 0 bridgehead atoms. The molecule has 2 aromatic carbocycles. The summed E-state index contributed by atoms with van der Waals surface area (Å²) >= 11 is 0. The summed E-state index contributed by atoms with van der Waals surface area (Å²) in [6.45, 7) is -1.37. The Bertz CT molecular complexity index is 1250. The quantitative estimate of drug-likeness (QED) is 0.530. The second-order valence-electron chi connectivity index (χ2n) is 7.05. The molecule has 0 radical (unpaired) electrons. The fourth-order valence-electron chi connectivity index (χ4n) is 3.43. The van der Waals surface area contributed by atoms with E-state index in [9.17, 15) is 23.2 Å². The molecule has 3 aromatic rings. The molecule has 0 aliphatic rings. The molecule has 170 valence electrons. The lowest BCUT2D eigenvalue weighted by molar-refractivity contribution is -0.131. The lowest BCUT2D eigenvalue weighted by Crippen LogP contribution is -2.42. The van der Waals surface area contributed by atoms with Gasteiger partial charge in [-0.15, -0.1) is 0 Å². The smallest absolute Gasteiger partial charge is 0.387 e. The summed E-state index contributed by atoms with van der Waals surface area (Å²) in [6, 6.07) is 11.1. The average Bonchev–Trinajstić information content (AvgIpc) is 2.76. The van der Waals surface area contributed by atoms with Gasteiger partial charge in [0.15, 0.2) is 11.5 Å². The first kappa shape index (κ1) is 23.0. The summed E-state index contributed by atoms with van der Waals surface area (Å²) in [6.07, 6.45) is 0. The van der Waals surface area contributed by atoms with E-state index in [1.54, 1.807) is 37.3 Å². The third-order valence-electron chi connectivity index (χ3n) is 5.03. The highest BCUT2D eigenvalue weighted by Gasteiger charge is 2.18. The Morgan fingerprint density at radius 2 is 1.81 bits per heavy atom. The van der Waals surface area contributed by atoms with Crippen LogP contribution in [-0.4, -0.2) is 40.7 Å². The van der Waals surface area contributed by atoms with Crippen molar-refractivity contribution in [2.45, 2.75) is 33.2 Å². The Balaban J connectivity index is 1.88. The van der Waals surface area contributed by atoms with E-state index in [-0.39, 0.29) is 31.1 Å². The van der Waals surface area contributed by atoms with Crippen molar-refractivity contribution >= 4 is 16.8 Å². The zero-order valence-electron chi connectivity index (χ0n) is 17.9. The first-order valence-electron chi connectivity index (χ1n) is 9.84. The number of para-hydroxylation sites is 1. The Kier molecular flexibility index (Phi) is 6.92. The largest absolute Gasteiger partial charge is 0.493 e. The number of nitrogens with zero attached hydrogens (tertiary/aromatic N) is 3. The Labute approximate surface area is 182 Å². The van der Waals surface area contributed by atoms with Gasteiger partial charge >= 0.3 is 12.3 Å². The summed E-state index contributed by atoms with van der Waals surface area (Å²) in [4.78, 5) is 39.6. The van der Waals surface area contributed by atoms with E-state index >= 15 is 0 Å². The minimum absolute atomic E-state index is 0.0858. The zero-order chi connectivity index (χ0) is 23.4. The highest BCUT2D eigenvalue weighted by Crippen LogP contribution is 2.29. The van der Waals surface area contributed by atoms with Gasteiger partial charge in [-0.05, 0) is 36.8 Å². The van der Waals surface area contributed by atoms with Crippen LogP contribution in [0.2, 0.25) is 0 Å². The maximum absolute atomic E-state index is 12.9. The topological polar surface area (TPSA) is 82.8 Å². The molecular formula is C22H23F2N3O5. The number of amides is 1. The molecule has 1 heterocycles. The molecule has 3 rings (SSSR count). The van der Waals surface area contributed by atoms with Gasteiger partial charge in [-0.2, -0.15) is 8.78 Å². The van der Waals surface area contributed by atoms with Crippen molar-refractivity contribution in [3.05, 3.63) is 68.9 Å². The van der Waals surface area contributed by atoms with Crippen molar-refractivity contribution in [3.63, 3.8) is 0 Å². The Morgan fingerprint density at radius 1 is 1.09 bits per heavy atom. The van der Waals surface area contributed by atoms with Gasteiger partial charge < -0.3 is 14.4 Å². The van der Waals surface area contributed by atoms with E-state index in [4.69, 9.17) is 4.74 Å². The first-order valence-corrected chi connectivity index (χ1v) is 9.84. The van der Waals surface area contributed by atoms with Crippen molar-refractivity contribution in [1.29, 1.82) is 0 Å². The van der Waals surface area contributed by atoms with Gasteiger partial charge in [0.2, 0.25) is 5.91 Å². The summed E-state index contributed by atoms with van der Waals surface area (Å²) in [5.74, 6) is -0.397. The monoisotopic (exact) mass is 447 g/mol. The van der Waals surface area contributed by atoms with E-state index in [0.29, 0.717) is 16.5 Å². The van der Waals surface area contributed by atoms with Crippen LogP contribution in [-0.2, 0) is 24.4 Å². The van der Waals surface area contributed by atoms with Gasteiger partial charge in [0.05, 0.1) is 18.0 Å². The summed E-state index contributed by atoms with van der Waals surface area (Å²) in [5, 5.41) is 0.341. The molecule has 0 aliphatic carbocycles. The number of ether oxygens (including phenoxy) is 2. The van der Waals surface area contributed by atoms with Crippen molar-refractivity contribution in [3.8, 4) is 11.5 Å². The number of methoxy groups -OCH3 is 1.